The molecule has 2 rings (SSSR count). The topological polar surface area (TPSA) is 84.1 Å². The molecule has 1 aromatic heterocycles. The minimum absolute atomic E-state index is 0.191. The summed E-state index contributed by atoms with van der Waals surface area (Å²) in [4.78, 5) is 6.98. The Labute approximate surface area is 111 Å². The summed E-state index contributed by atoms with van der Waals surface area (Å²) >= 11 is 0. The van der Waals surface area contributed by atoms with Gasteiger partial charge in [-0.2, -0.15) is 0 Å². The molecule has 0 spiro atoms. The largest absolute Gasteiger partial charge is 0.497 e. The number of rotatable bonds is 6. The first kappa shape index (κ1) is 13.6. The lowest BCUT2D eigenvalue weighted by Gasteiger charge is -2.07. The molecule has 6 nitrogen and oxygen atoms in total. The molecule has 0 amide bonds. The Morgan fingerprint density at radius 2 is 2.26 bits per heavy atom. The van der Waals surface area contributed by atoms with Crippen LogP contribution >= 0.6 is 0 Å². The van der Waals surface area contributed by atoms with Crippen LogP contribution in [0.5, 0.6) is 5.75 Å². The molecule has 19 heavy (non-hydrogen) atoms. The SMILES string of the molecule is COc1cccc(S(=O)(=O)NCCc2cnc[nH]2)c1. The Hall–Kier alpha value is -1.86. The van der Waals surface area contributed by atoms with E-state index in [0.717, 1.165) is 5.69 Å². The molecule has 1 aromatic carbocycles. The van der Waals surface area contributed by atoms with Crippen molar-refractivity contribution >= 4 is 10.0 Å². The predicted octanol–water partition coefficient (Wildman–Crippen LogP) is 0.939. The molecular weight excluding hydrogens is 266 g/mol. The molecular formula is C12H15N3O3S. The number of hydrogen-bond acceptors (Lipinski definition) is 4. The van der Waals surface area contributed by atoms with Gasteiger partial charge in [-0.3, -0.25) is 0 Å². The molecule has 0 fully saturated rings. The van der Waals surface area contributed by atoms with Gasteiger partial charge in [-0.25, -0.2) is 18.1 Å². The van der Waals surface area contributed by atoms with Gasteiger partial charge in [-0.1, -0.05) is 6.07 Å². The standard InChI is InChI=1S/C12H15N3O3S/c1-18-11-3-2-4-12(7-11)19(16,17)15-6-5-10-8-13-9-14-10/h2-4,7-9,15H,5-6H2,1H3,(H,13,14). The zero-order valence-electron chi connectivity index (χ0n) is 10.5. The zero-order chi connectivity index (χ0) is 13.7. The molecule has 0 atom stereocenters. The maximum absolute atomic E-state index is 12.0. The van der Waals surface area contributed by atoms with Gasteiger partial charge >= 0.3 is 0 Å². The monoisotopic (exact) mass is 281 g/mol. The van der Waals surface area contributed by atoms with E-state index < -0.39 is 10.0 Å². The quantitative estimate of drug-likeness (QED) is 0.825. The third kappa shape index (κ3) is 3.55. The van der Waals surface area contributed by atoms with Crippen molar-refractivity contribution in [2.24, 2.45) is 0 Å². The molecule has 0 aliphatic rings. The predicted molar refractivity (Wildman–Crippen MR) is 70.5 cm³/mol. The van der Waals surface area contributed by atoms with Gasteiger partial charge < -0.3 is 9.72 Å². The van der Waals surface area contributed by atoms with Crippen LogP contribution in [0.25, 0.3) is 0 Å². The second-order valence-electron chi connectivity index (χ2n) is 3.90. The Bertz CT molecular complexity index is 623. The van der Waals surface area contributed by atoms with Gasteiger partial charge in [0.1, 0.15) is 5.75 Å². The fourth-order valence-electron chi connectivity index (χ4n) is 1.59. The minimum atomic E-state index is -3.51. The van der Waals surface area contributed by atoms with Gasteiger partial charge in [0.05, 0.1) is 18.3 Å². The Kier molecular flexibility index (Phi) is 4.18. The number of nitrogens with zero attached hydrogens (tertiary/aromatic N) is 1. The van der Waals surface area contributed by atoms with E-state index in [9.17, 15) is 8.42 Å². The van der Waals surface area contributed by atoms with Crippen LogP contribution in [0.1, 0.15) is 5.69 Å². The Morgan fingerprint density at radius 3 is 2.95 bits per heavy atom. The number of aromatic amines is 1. The summed E-state index contributed by atoms with van der Waals surface area (Å²) in [5, 5.41) is 0. The Balaban J connectivity index is 2.01. The number of methoxy groups -OCH3 is 1. The molecule has 0 bridgehead atoms. The third-order valence-corrected chi connectivity index (χ3v) is 4.05. The van der Waals surface area contributed by atoms with E-state index in [0.29, 0.717) is 18.7 Å². The third-order valence-electron chi connectivity index (χ3n) is 2.59. The average molecular weight is 281 g/mol. The van der Waals surface area contributed by atoms with Crippen molar-refractivity contribution in [3.8, 4) is 5.75 Å². The molecule has 1 heterocycles. The van der Waals surface area contributed by atoms with Crippen molar-refractivity contribution in [3.05, 3.63) is 42.5 Å². The summed E-state index contributed by atoms with van der Waals surface area (Å²) in [6.07, 6.45) is 3.79. The minimum Gasteiger partial charge on any atom is -0.497 e. The number of imidazole rings is 1. The number of H-pyrrole nitrogens is 1. The highest BCUT2D eigenvalue weighted by atomic mass is 32.2. The van der Waals surface area contributed by atoms with Crippen molar-refractivity contribution in [3.63, 3.8) is 0 Å². The van der Waals surface area contributed by atoms with Crippen molar-refractivity contribution in [2.75, 3.05) is 13.7 Å². The first-order chi connectivity index (χ1) is 9.12. The van der Waals surface area contributed by atoms with Crippen LogP contribution in [-0.4, -0.2) is 32.0 Å². The van der Waals surface area contributed by atoms with Gasteiger partial charge in [0.15, 0.2) is 0 Å². The number of ether oxygens (including phenoxy) is 1. The van der Waals surface area contributed by atoms with Crippen LogP contribution in [0.4, 0.5) is 0 Å². The number of sulfonamides is 1. The molecule has 0 aliphatic carbocycles. The van der Waals surface area contributed by atoms with E-state index in [2.05, 4.69) is 14.7 Å². The molecule has 0 saturated heterocycles. The van der Waals surface area contributed by atoms with E-state index in [1.54, 1.807) is 24.7 Å². The van der Waals surface area contributed by atoms with Crippen LogP contribution in [0.2, 0.25) is 0 Å². The summed E-state index contributed by atoms with van der Waals surface area (Å²) in [5.74, 6) is 0.511. The summed E-state index contributed by atoms with van der Waals surface area (Å²) in [6.45, 7) is 0.307. The van der Waals surface area contributed by atoms with E-state index in [4.69, 9.17) is 4.74 Å². The first-order valence-electron chi connectivity index (χ1n) is 5.73. The van der Waals surface area contributed by atoms with Crippen LogP contribution < -0.4 is 9.46 Å². The van der Waals surface area contributed by atoms with E-state index in [1.807, 2.05) is 0 Å². The van der Waals surface area contributed by atoms with Crippen LogP contribution in [0.3, 0.4) is 0 Å². The van der Waals surface area contributed by atoms with Gasteiger partial charge in [0.25, 0.3) is 0 Å². The molecule has 0 aliphatic heterocycles. The lowest BCUT2D eigenvalue weighted by atomic mass is 10.3. The molecule has 0 saturated carbocycles. The van der Waals surface area contributed by atoms with Crippen LogP contribution in [0.15, 0.2) is 41.7 Å². The van der Waals surface area contributed by atoms with E-state index in [1.165, 1.54) is 19.2 Å². The smallest absolute Gasteiger partial charge is 0.240 e. The van der Waals surface area contributed by atoms with Gasteiger partial charge in [-0.15, -0.1) is 0 Å². The maximum Gasteiger partial charge on any atom is 0.240 e. The fraction of sp³-hybridized carbons (Fsp3) is 0.250. The number of aromatic nitrogens is 2. The Morgan fingerprint density at radius 1 is 1.42 bits per heavy atom. The maximum atomic E-state index is 12.0. The number of hydrogen-bond donors (Lipinski definition) is 2. The van der Waals surface area contributed by atoms with Gasteiger partial charge in [-0.05, 0) is 12.1 Å². The van der Waals surface area contributed by atoms with Crippen molar-refractivity contribution in [1.29, 1.82) is 0 Å². The average Bonchev–Trinajstić information content (AvgIpc) is 2.92. The number of benzene rings is 1. The van der Waals surface area contributed by atoms with Crippen molar-refractivity contribution < 1.29 is 13.2 Å². The first-order valence-corrected chi connectivity index (χ1v) is 7.21. The van der Waals surface area contributed by atoms with Crippen molar-refractivity contribution in [2.45, 2.75) is 11.3 Å². The zero-order valence-corrected chi connectivity index (χ0v) is 11.3. The lowest BCUT2D eigenvalue weighted by molar-refractivity contribution is 0.413. The second-order valence-corrected chi connectivity index (χ2v) is 5.67. The molecule has 0 radical (unpaired) electrons. The fourth-order valence-corrected chi connectivity index (χ4v) is 2.66. The summed E-state index contributed by atoms with van der Waals surface area (Å²) in [7, 11) is -2.01. The van der Waals surface area contributed by atoms with Crippen LogP contribution in [0, 0.1) is 0 Å². The van der Waals surface area contributed by atoms with E-state index in [-0.39, 0.29) is 4.90 Å². The highest BCUT2D eigenvalue weighted by molar-refractivity contribution is 7.89. The second kappa shape index (κ2) is 5.85. The highest BCUT2D eigenvalue weighted by Gasteiger charge is 2.14. The summed E-state index contributed by atoms with van der Waals surface area (Å²) in [6, 6.07) is 6.35. The van der Waals surface area contributed by atoms with Crippen LogP contribution in [-0.2, 0) is 16.4 Å². The van der Waals surface area contributed by atoms with E-state index >= 15 is 0 Å². The highest BCUT2D eigenvalue weighted by Crippen LogP contribution is 2.16. The van der Waals surface area contributed by atoms with Gasteiger partial charge in [0.2, 0.25) is 10.0 Å². The summed E-state index contributed by atoms with van der Waals surface area (Å²) in [5.41, 5.74) is 0.883. The molecule has 2 N–H and O–H groups in total. The molecule has 102 valence electrons. The number of nitrogens with one attached hydrogen (secondary N) is 2. The lowest BCUT2D eigenvalue weighted by Crippen LogP contribution is -2.26. The molecule has 2 aromatic rings. The van der Waals surface area contributed by atoms with Crippen molar-refractivity contribution in [1.82, 2.24) is 14.7 Å². The normalized spacial score (nSPS) is 11.4. The molecule has 7 heteroatoms. The summed E-state index contributed by atoms with van der Waals surface area (Å²) < 4.78 is 31.6. The molecule has 0 unspecified atom stereocenters. The van der Waals surface area contributed by atoms with Gasteiger partial charge in [0, 0.05) is 30.9 Å².